The van der Waals surface area contributed by atoms with Gasteiger partial charge < -0.3 is 0 Å². The summed E-state index contributed by atoms with van der Waals surface area (Å²) in [6, 6.07) is 23.3. The third-order valence-corrected chi connectivity index (χ3v) is 5.72. The predicted octanol–water partition coefficient (Wildman–Crippen LogP) is 5.14. The van der Waals surface area contributed by atoms with E-state index in [2.05, 4.69) is 0 Å². The van der Waals surface area contributed by atoms with Crippen LogP contribution >= 0.6 is 11.8 Å². The fourth-order valence-corrected chi connectivity index (χ4v) is 4.29. The highest BCUT2D eigenvalue weighted by Crippen LogP contribution is 2.33. The lowest BCUT2D eigenvalue weighted by Crippen LogP contribution is -1.95. The summed E-state index contributed by atoms with van der Waals surface area (Å²) in [5.74, 6) is -0.326. The van der Waals surface area contributed by atoms with Crippen molar-refractivity contribution >= 4 is 22.6 Å². The van der Waals surface area contributed by atoms with Crippen LogP contribution in [0.4, 0.5) is 4.39 Å². The largest absolute Gasteiger partial charge is 0.249 e. The van der Waals surface area contributed by atoms with E-state index in [9.17, 15) is 8.60 Å². The molecule has 3 aromatic rings. The Balaban J connectivity index is 1.94. The molecule has 1 unspecified atom stereocenters. The van der Waals surface area contributed by atoms with Crippen molar-refractivity contribution in [3.8, 4) is 0 Å². The van der Waals surface area contributed by atoms with Gasteiger partial charge in [-0.05, 0) is 48.5 Å². The van der Waals surface area contributed by atoms with E-state index >= 15 is 0 Å². The van der Waals surface area contributed by atoms with Gasteiger partial charge in [0.15, 0.2) is 0 Å². The van der Waals surface area contributed by atoms with E-state index in [1.54, 1.807) is 23.9 Å². The quantitative estimate of drug-likeness (QED) is 0.659. The second-order valence-electron chi connectivity index (χ2n) is 4.58. The highest BCUT2D eigenvalue weighted by molar-refractivity contribution is 8.00. The van der Waals surface area contributed by atoms with Crippen molar-refractivity contribution in [2.24, 2.45) is 0 Å². The normalized spacial score (nSPS) is 12.0. The van der Waals surface area contributed by atoms with Gasteiger partial charge >= 0.3 is 0 Å². The van der Waals surface area contributed by atoms with Gasteiger partial charge in [0, 0.05) is 14.7 Å². The SMILES string of the molecule is O=S(c1ccc(F)cc1)c1ccccc1Sc1ccccc1. The van der Waals surface area contributed by atoms with Gasteiger partial charge in [-0.3, -0.25) is 0 Å². The van der Waals surface area contributed by atoms with Gasteiger partial charge in [0.05, 0.1) is 15.7 Å². The first kappa shape index (κ1) is 15.0. The molecule has 4 heteroatoms. The minimum atomic E-state index is -1.33. The Morgan fingerprint density at radius 2 is 1.41 bits per heavy atom. The molecule has 1 atom stereocenters. The predicted molar refractivity (Wildman–Crippen MR) is 88.1 cm³/mol. The van der Waals surface area contributed by atoms with Crippen LogP contribution in [0.5, 0.6) is 0 Å². The lowest BCUT2D eigenvalue weighted by Gasteiger charge is -2.09. The summed E-state index contributed by atoms with van der Waals surface area (Å²) in [4.78, 5) is 3.37. The van der Waals surface area contributed by atoms with Gasteiger partial charge in [-0.15, -0.1) is 0 Å². The Morgan fingerprint density at radius 3 is 2.14 bits per heavy atom. The summed E-state index contributed by atoms with van der Waals surface area (Å²) in [7, 11) is -1.33. The molecule has 3 rings (SSSR count). The molecule has 0 fully saturated rings. The molecule has 0 N–H and O–H groups in total. The molecule has 3 aromatic carbocycles. The molecule has 0 heterocycles. The third-order valence-electron chi connectivity index (χ3n) is 3.05. The lowest BCUT2D eigenvalue weighted by molar-refractivity contribution is 0.626. The highest BCUT2D eigenvalue weighted by Gasteiger charge is 2.12. The van der Waals surface area contributed by atoms with Crippen LogP contribution in [-0.2, 0) is 10.8 Å². The molecule has 110 valence electrons. The summed E-state index contributed by atoms with van der Waals surface area (Å²) >= 11 is 1.57. The molecule has 0 aliphatic rings. The van der Waals surface area contributed by atoms with Crippen molar-refractivity contribution < 1.29 is 8.60 Å². The molecular formula is C18H13FOS2. The summed E-state index contributed by atoms with van der Waals surface area (Å²) in [5, 5.41) is 0. The van der Waals surface area contributed by atoms with Crippen molar-refractivity contribution in [2.75, 3.05) is 0 Å². The summed E-state index contributed by atoms with van der Waals surface area (Å²) in [5.41, 5.74) is 0. The average Bonchev–Trinajstić information content (AvgIpc) is 2.56. The Kier molecular flexibility index (Phi) is 4.71. The molecule has 22 heavy (non-hydrogen) atoms. The molecular weight excluding hydrogens is 315 g/mol. The average molecular weight is 328 g/mol. The van der Waals surface area contributed by atoms with Crippen molar-refractivity contribution in [1.29, 1.82) is 0 Å². The minimum Gasteiger partial charge on any atom is -0.249 e. The molecule has 0 radical (unpaired) electrons. The Morgan fingerprint density at radius 1 is 0.773 bits per heavy atom. The van der Waals surface area contributed by atoms with E-state index in [0.717, 1.165) is 14.7 Å². The molecule has 1 nitrogen and oxygen atoms in total. The fourth-order valence-electron chi connectivity index (χ4n) is 1.99. The third kappa shape index (κ3) is 3.46. The minimum absolute atomic E-state index is 0.326. The van der Waals surface area contributed by atoms with E-state index in [4.69, 9.17) is 0 Å². The van der Waals surface area contributed by atoms with Crippen molar-refractivity contribution in [3.05, 3.63) is 84.7 Å². The first-order chi connectivity index (χ1) is 10.7. The molecule has 0 amide bonds. The van der Waals surface area contributed by atoms with Crippen LogP contribution in [0.25, 0.3) is 0 Å². The maximum Gasteiger partial charge on any atom is 0.123 e. The van der Waals surface area contributed by atoms with Crippen molar-refractivity contribution in [3.63, 3.8) is 0 Å². The van der Waals surface area contributed by atoms with E-state index in [-0.39, 0.29) is 5.82 Å². The van der Waals surface area contributed by atoms with Crippen LogP contribution in [0.1, 0.15) is 0 Å². The summed E-state index contributed by atoms with van der Waals surface area (Å²) < 4.78 is 25.8. The fraction of sp³-hybridized carbons (Fsp3) is 0. The summed E-state index contributed by atoms with van der Waals surface area (Å²) in [6.45, 7) is 0. The number of rotatable bonds is 4. The second-order valence-corrected chi connectivity index (χ2v) is 7.15. The summed E-state index contributed by atoms with van der Waals surface area (Å²) in [6.07, 6.45) is 0. The number of hydrogen-bond acceptors (Lipinski definition) is 2. The van der Waals surface area contributed by atoms with Crippen molar-refractivity contribution in [2.45, 2.75) is 19.6 Å². The van der Waals surface area contributed by atoms with Gasteiger partial charge in [-0.1, -0.05) is 42.1 Å². The van der Waals surface area contributed by atoms with Gasteiger partial charge in [0.25, 0.3) is 0 Å². The molecule has 0 bridgehead atoms. The van der Waals surface area contributed by atoms with Crippen LogP contribution in [0.2, 0.25) is 0 Å². The number of halogens is 1. The topological polar surface area (TPSA) is 17.1 Å². The maximum atomic E-state index is 13.0. The molecule has 0 aliphatic carbocycles. The van der Waals surface area contributed by atoms with E-state index in [0.29, 0.717) is 4.90 Å². The smallest absolute Gasteiger partial charge is 0.123 e. The first-order valence-electron chi connectivity index (χ1n) is 6.73. The zero-order valence-corrected chi connectivity index (χ0v) is 13.2. The molecule has 0 spiro atoms. The number of benzene rings is 3. The van der Waals surface area contributed by atoms with Gasteiger partial charge in [-0.2, -0.15) is 0 Å². The van der Waals surface area contributed by atoms with E-state index in [1.807, 2.05) is 54.6 Å². The molecule has 0 saturated carbocycles. The van der Waals surface area contributed by atoms with Crippen LogP contribution in [-0.4, -0.2) is 4.21 Å². The molecule has 0 aliphatic heterocycles. The van der Waals surface area contributed by atoms with Gasteiger partial charge in [-0.25, -0.2) is 8.60 Å². The lowest BCUT2D eigenvalue weighted by atomic mass is 10.3. The van der Waals surface area contributed by atoms with Gasteiger partial charge in [0.1, 0.15) is 5.82 Å². The van der Waals surface area contributed by atoms with Crippen LogP contribution in [0.15, 0.2) is 98.4 Å². The van der Waals surface area contributed by atoms with Crippen molar-refractivity contribution in [1.82, 2.24) is 0 Å². The standard InChI is InChI=1S/C18H13FOS2/c19-14-10-12-16(13-11-14)22(20)18-9-5-4-8-17(18)21-15-6-2-1-3-7-15/h1-13H. The van der Waals surface area contributed by atoms with E-state index < -0.39 is 10.8 Å². The monoisotopic (exact) mass is 328 g/mol. The molecule has 0 aromatic heterocycles. The zero-order chi connectivity index (χ0) is 15.4. The Hall–Kier alpha value is -1.91. The second kappa shape index (κ2) is 6.90. The van der Waals surface area contributed by atoms with E-state index in [1.165, 1.54) is 12.1 Å². The Labute approximate surface area is 135 Å². The van der Waals surface area contributed by atoms with Crippen LogP contribution in [0, 0.1) is 5.82 Å². The highest BCUT2D eigenvalue weighted by atomic mass is 32.2. The van der Waals surface area contributed by atoms with Gasteiger partial charge in [0.2, 0.25) is 0 Å². The number of hydrogen-bond donors (Lipinski definition) is 0. The maximum absolute atomic E-state index is 13.0. The zero-order valence-electron chi connectivity index (χ0n) is 11.6. The van der Waals surface area contributed by atoms with Crippen LogP contribution < -0.4 is 0 Å². The first-order valence-corrected chi connectivity index (χ1v) is 8.70. The molecule has 0 saturated heterocycles. The van der Waals surface area contributed by atoms with Crippen LogP contribution in [0.3, 0.4) is 0 Å². The Bertz CT molecular complexity index is 786.